The van der Waals surface area contributed by atoms with Crippen molar-refractivity contribution in [2.75, 3.05) is 33.5 Å². The van der Waals surface area contributed by atoms with Gasteiger partial charge in [0.25, 0.3) is 5.91 Å². The number of methoxy groups -OCH3 is 1. The first-order valence-electron chi connectivity index (χ1n) is 8.47. The van der Waals surface area contributed by atoms with Gasteiger partial charge in [-0.1, -0.05) is 6.42 Å². The molecular formula is C18H24FNO4. The lowest BCUT2D eigenvalue weighted by molar-refractivity contribution is -0.146. The molecule has 1 aromatic carbocycles. The van der Waals surface area contributed by atoms with Crippen molar-refractivity contribution in [3.05, 3.63) is 30.1 Å². The minimum Gasteiger partial charge on any atom is -0.484 e. The van der Waals surface area contributed by atoms with Crippen LogP contribution in [0.5, 0.6) is 5.75 Å². The summed E-state index contributed by atoms with van der Waals surface area (Å²) in [4.78, 5) is 14.5. The molecule has 1 saturated carbocycles. The topological polar surface area (TPSA) is 48.0 Å². The summed E-state index contributed by atoms with van der Waals surface area (Å²) < 4.78 is 29.6. The highest BCUT2D eigenvalue weighted by molar-refractivity contribution is 5.78. The number of carbonyl (C=O) groups is 1. The van der Waals surface area contributed by atoms with Gasteiger partial charge in [-0.3, -0.25) is 4.79 Å². The Morgan fingerprint density at radius 1 is 1.33 bits per heavy atom. The molecule has 1 amide bonds. The molecule has 0 bridgehead atoms. The number of ether oxygens (including phenoxy) is 3. The van der Waals surface area contributed by atoms with E-state index >= 15 is 0 Å². The summed E-state index contributed by atoms with van der Waals surface area (Å²) in [6, 6.07) is 5.72. The van der Waals surface area contributed by atoms with E-state index in [1.807, 2.05) is 4.90 Å². The molecule has 1 aliphatic carbocycles. The molecule has 0 aromatic heterocycles. The number of morpholine rings is 1. The monoisotopic (exact) mass is 337 g/mol. The molecule has 1 heterocycles. The molecule has 3 atom stereocenters. The third-order valence-corrected chi connectivity index (χ3v) is 4.96. The highest BCUT2D eigenvalue weighted by Crippen LogP contribution is 2.34. The second kappa shape index (κ2) is 7.94. The van der Waals surface area contributed by atoms with Crippen LogP contribution in [0, 0.1) is 11.7 Å². The number of nitrogens with zero attached hydrogens (tertiary/aromatic N) is 1. The van der Waals surface area contributed by atoms with Crippen LogP contribution in [0.2, 0.25) is 0 Å². The van der Waals surface area contributed by atoms with E-state index in [2.05, 4.69) is 0 Å². The molecular weight excluding hydrogens is 313 g/mol. The van der Waals surface area contributed by atoms with Crippen molar-refractivity contribution in [3.8, 4) is 5.75 Å². The van der Waals surface area contributed by atoms with E-state index in [1.165, 1.54) is 24.3 Å². The van der Waals surface area contributed by atoms with Crippen molar-refractivity contribution in [2.45, 2.75) is 31.4 Å². The first-order valence-corrected chi connectivity index (χ1v) is 8.47. The van der Waals surface area contributed by atoms with Gasteiger partial charge in [0.1, 0.15) is 11.6 Å². The van der Waals surface area contributed by atoms with E-state index in [4.69, 9.17) is 14.2 Å². The molecule has 0 unspecified atom stereocenters. The van der Waals surface area contributed by atoms with E-state index in [0.717, 1.165) is 19.3 Å². The number of halogens is 1. The average Bonchev–Trinajstić information content (AvgIpc) is 3.09. The largest absolute Gasteiger partial charge is 0.484 e. The van der Waals surface area contributed by atoms with Crippen LogP contribution >= 0.6 is 0 Å². The van der Waals surface area contributed by atoms with Crippen molar-refractivity contribution in [2.24, 2.45) is 5.92 Å². The Morgan fingerprint density at radius 3 is 2.88 bits per heavy atom. The molecule has 5 nitrogen and oxygen atoms in total. The second-order valence-electron chi connectivity index (χ2n) is 6.34. The number of hydrogen-bond acceptors (Lipinski definition) is 4. The van der Waals surface area contributed by atoms with E-state index < -0.39 is 0 Å². The quantitative estimate of drug-likeness (QED) is 0.827. The van der Waals surface area contributed by atoms with Crippen molar-refractivity contribution < 1.29 is 23.4 Å². The van der Waals surface area contributed by atoms with Crippen molar-refractivity contribution >= 4 is 5.91 Å². The number of rotatable bonds is 5. The molecule has 2 fully saturated rings. The third kappa shape index (κ3) is 3.87. The van der Waals surface area contributed by atoms with Gasteiger partial charge in [-0.2, -0.15) is 0 Å². The lowest BCUT2D eigenvalue weighted by Crippen LogP contribution is -2.54. The summed E-state index contributed by atoms with van der Waals surface area (Å²) in [5.74, 6) is 0.415. The zero-order valence-corrected chi connectivity index (χ0v) is 13.9. The zero-order valence-electron chi connectivity index (χ0n) is 13.9. The van der Waals surface area contributed by atoms with Gasteiger partial charge in [0, 0.05) is 19.6 Å². The lowest BCUT2D eigenvalue weighted by atomic mass is 9.94. The molecule has 3 rings (SSSR count). The maximum absolute atomic E-state index is 12.9. The molecule has 24 heavy (non-hydrogen) atoms. The summed E-state index contributed by atoms with van der Waals surface area (Å²) in [5.41, 5.74) is 0. The van der Waals surface area contributed by atoms with Crippen LogP contribution in [-0.2, 0) is 14.3 Å². The van der Waals surface area contributed by atoms with Crippen LogP contribution in [0.25, 0.3) is 0 Å². The summed E-state index contributed by atoms with van der Waals surface area (Å²) in [7, 11) is 1.73. The lowest BCUT2D eigenvalue weighted by Gasteiger charge is -2.40. The fourth-order valence-corrected chi connectivity index (χ4v) is 3.73. The van der Waals surface area contributed by atoms with Gasteiger partial charge in [-0.25, -0.2) is 4.39 Å². The van der Waals surface area contributed by atoms with Crippen LogP contribution in [0.1, 0.15) is 19.3 Å². The molecule has 0 spiro atoms. The predicted octanol–water partition coefficient (Wildman–Crippen LogP) is 2.25. The molecule has 0 N–H and O–H groups in total. The second-order valence-corrected chi connectivity index (χ2v) is 6.34. The maximum atomic E-state index is 12.9. The van der Waals surface area contributed by atoms with Crippen LogP contribution in [-0.4, -0.2) is 56.4 Å². The Bertz CT molecular complexity index is 550. The fraction of sp³-hybridized carbons (Fsp3) is 0.611. The van der Waals surface area contributed by atoms with Gasteiger partial charge < -0.3 is 19.1 Å². The predicted molar refractivity (Wildman–Crippen MR) is 86.4 cm³/mol. The van der Waals surface area contributed by atoms with Crippen molar-refractivity contribution in [1.82, 2.24) is 4.90 Å². The average molecular weight is 337 g/mol. The Kier molecular flexibility index (Phi) is 5.68. The number of amides is 1. The minimum absolute atomic E-state index is 0.0375. The molecule has 0 radical (unpaired) electrons. The SMILES string of the molecule is CO[C@@H]1CCC[C@H]1[C@H]1COCCN1C(=O)COc1ccc(F)cc1. The Morgan fingerprint density at radius 2 is 2.12 bits per heavy atom. The molecule has 6 heteroatoms. The van der Waals surface area contributed by atoms with Crippen LogP contribution < -0.4 is 4.74 Å². The smallest absolute Gasteiger partial charge is 0.260 e. The number of carbonyl (C=O) groups excluding carboxylic acids is 1. The number of benzene rings is 1. The minimum atomic E-state index is -0.325. The Balaban J connectivity index is 1.61. The molecule has 1 aliphatic heterocycles. The summed E-state index contributed by atoms with van der Waals surface area (Å²) in [6.45, 7) is 1.62. The summed E-state index contributed by atoms with van der Waals surface area (Å²) in [6.07, 6.45) is 3.39. The summed E-state index contributed by atoms with van der Waals surface area (Å²) >= 11 is 0. The third-order valence-electron chi connectivity index (χ3n) is 4.96. The van der Waals surface area contributed by atoms with E-state index in [0.29, 0.717) is 31.4 Å². The normalized spacial score (nSPS) is 27.2. The van der Waals surface area contributed by atoms with Gasteiger partial charge in [0.15, 0.2) is 6.61 Å². The summed E-state index contributed by atoms with van der Waals surface area (Å²) in [5, 5.41) is 0. The first kappa shape index (κ1) is 17.2. The van der Waals surface area contributed by atoms with E-state index in [-0.39, 0.29) is 30.5 Å². The molecule has 1 saturated heterocycles. The Labute approximate surface area is 141 Å². The standard InChI is InChI=1S/C18H24FNO4/c1-22-17-4-2-3-15(17)16-11-23-10-9-20(16)18(21)12-24-14-7-5-13(19)6-8-14/h5-8,15-17H,2-4,9-12H2,1H3/t15-,16+,17+/m0/s1. The van der Waals surface area contributed by atoms with Gasteiger partial charge in [0.05, 0.1) is 25.4 Å². The van der Waals surface area contributed by atoms with E-state index in [9.17, 15) is 9.18 Å². The van der Waals surface area contributed by atoms with Crippen molar-refractivity contribution in [3.63, 3.8) is 0 Å². The van der Waals surface area contributed by atoms with Gasteiger partial charge in [0.2, 0.25) is 0 Å². The highest BCUT2D eigenvalue weighted by atomic mass is 19.1. The van der Waals surface area contributed by atoms with Crippen LogP contribution in [0.3, 0.4) is 0 Å². The first-order chi connectivity index (χ1) is 11.7. The maximum Gasteiger partial charge on any atom is 0.260 e. The molecule has 132 valence electrons. The van der Waals surface area contributed by atoms with Crippen molar-refractivity contribution in [1.29, 1.82) is 0 Å². The van der Waals surface area contributed by atoms with Crippen LogP contribution in [0.4, 0.5) is 4.39 Å². The fourth-order valence-electron chi connectivity index (χ4n) is 3.73. The Hall–Kier alpha value is -1.66. The van der Waals surface area contributed by atoms with Gasteiger partial charge >= 0.3 is 0 Å². The van der Waals surface area contributed by atoms with Gasteiger partial charge in [-0.05, 0) is 37.1 Å². The number of hydrogen-bond donors (Lipinski definition) is 0. The highest BCUT2D eigenvalue weighted by Gasteiger charge is 2.40. The van der Waals surface area contributed by atoms with E-state index in [1.54, 1.807) is 7.11 Å². The molecule has 2 aliphatic rings. The zero-order chi connectivity index (χ0) is 16.9. The van der Waals surface area contributed by atoms with Crippen LogP contribution in [0.15, 0.2) is 24.3 Å². The van der Waals surface area contributed by atoms with Gasteiger partial charge in [-0.15, -0.1) is 0 Å². The molecule has 1 aromatic rings.